The Morgan fingerprint density at radius 1 is 1.21 bits per heavy atom. The zero-order chi connectivity index (χ0) is 21.2. The highest BCUT2D eigenvalue weighted by Gasteiger charge is 2.33. The van der Waals surface area contributed by atoms with E-state index in [2.05, 4.69) is 5.32 Å². The Balaban J connectivity index is 1.67. The smallest absolute Gasteiger partial charge is 0.246 e. The van der Waals surface area contributed by atoms with Gasteiger partial charge < -0.3 is 10.1 Å². The Kier molecular flexibility index (Phi) is 6.45. The first-order valence-electron chi connectivity index (χ1n) is 9.13. The van der Waals surface area contributed by atoms with E-state index in [9.17, 15) is 17.6 Å². The summed E-state index contributed by atoms with van der Waals surface area (Å²) in [4.78, 5) is 12.6. The summed E-state index contributed by atoms with van der Waals surface area (Å²) in [6.07, 6.45) is 0.766. The number of carbonyl (C=O) groups is 1. The third-order valence-corrected chi connectivity index (χ3v) is 7.16. The number of hydrogen-bond acceptors (Lipinski definition) is 4. The fourth-order valence-corrected chi connectivity index (χ4v) is 5.19. The van der Waals surface area contributed by atoms with Gasteiger partial charge in [-0.05, 0) is 55.7 Å². The predicted octanol–water partition coefficient (Wildman–Crippen LogP) is 3.84. The number of amides is 1. The topological polar surface area (TPSA) is 75.7 Å². The molecule has 0 unspecified atom stereocenters. The van der Waals surface area contributed by atoms with Gasteiger partial charge in [-0.3, -0.25) is 4.79 Å². The second kappa shape index (κ2) is 8.69. The zero-order valence-electron chi connectivity index (χ0n) is 16.1. The van der Waals surface area contributed by atoms with Gasteiger partial charge in [0.15, 0.2) is 0 Å². The van der Waals surface area contributed by atoms with E-state index in [1.54, 1.807) is 18.2 Å². The molecule has 1 aliphatic rings. The van der Waals surface area contributed by atoms with E-state index in [1.807, 2.05) is 6.92 Å². The molecule has 1 heterocycles. The van der Waals surface area contributed by atoms with Gasteiger partial charge in [-0.1, -0.05) is 17.7 Å². The van der Waals surface area contributed by atoms with Crippen molar-refractivity contribution >= 4 is 33.2 Å². The van der Waals surface area contributed by atoms with Gasteiger partial charge in [0.1, 0.15) is 16.5 Å². The average Bonchev–Trinajstić information content (AvgIpc) is 2.70. The van der Waals surface area contributed by atoms with Gasteiger partial charge in [0.2, 0.25) is 15.9 Å². The molecule has 0 spiro atoms. The Bertz CT molecular complexity index is 1020. The summed E-state index contributed by atoms with van der Waals surface area (Å²) in [6.45, 7) is 2.26. The van der Waals surface area contributed by atoms with Crippen LogP contribution in [0.15, 0.2) is 41.3 Å². The second-order valence-corrected chi connectivity index (χ2v) is 9.26. The van der Waals surface area contributed by atoms with Crippen LogP contribution in [-0.2, 0) is 14.8 Å². The lowest BCUT2D eigenvalue weighted by Gasteiger charge is -2.31. The minimum atomic E-state index is -3.73. The Morgan fingerprint density at radius 2 is 1.90 bits per heavy atom. The Hall–Kier alpha value is -2.16. The number of sulfonamides is 1. The molecule has 0 bridgehead atoms. The maximum atomic E-state index is 13.2. The van der Waals surface area contributed by atoms with Gasteiger partial charge in [-0.25, -0.2) is 12.8 Å². The van der Waals surface area contributed by atoms with Crippen molar-refractivity contribution in [2.45, 2.75) is 24.7 Å². The van der Waals surface area contributed by atoms with E-state index in [1.165, 1.54) is 29.6 Å². The molecule has 1 saturated heterocycles. The fourth-order valence-electron chi connectivity index (χ4n) is 3.30. The van der Waals surface area contributed by atoms with Gasteiger partial charge in [0, 0.05) is 24.7 Å². The van der Waals surface area contributed by atoms with Crippen molar-refractivity contribution in [2.24, 2.45) is 5.92 Å². The SMILES string of the molecule is COc1ccc(C)cc1S(=O)(=O)N1CCC(C(=O)Nc2ccc(F)c(Cl)c2)CC1. The molecule has 9 heteroatoms. The first-order valence-corrected chi connectivity index (χ1v) is 10.9. The van der Waals surface area contributed by atoms with Crippen LogP contribution in [0, 0.1) is 18.7 Å². The average molecular weight is 441 g/mol. The molecule has 0 saturated carbocycles. The quantitative estimate of drug-likeness (QED) is 0.766. The third-order valence-electron chi connectivity index (χ3n) is 4.95. The number of anilines is 1. The molecule has 2 aromatic carbocycles. The number of ether oxygens (including phenoxy) is 1. The number of nitrogens with zero attached hydrogens (tertiary/aromatic N) is 1. The van der Waals surface area contributed by atoms with Crippen molar-refractivity contribution in [1.82, 2.24) is 4.31 Å². The summed E-state index contributed by atoms with van der Waals surface area (Å²) >= 11 is 5.74. The number of aryl methyl sites for hydroxylation is 1. The summed E-state index contributed by atoms with van der Waals surface area (Å²) in [6, 6.07) is 8.97. The van der Waals surface area contributed by atoms with Gasteiger partial charge in [0.25, 0.3) is 0 Å². The lowest BCUT2D eigenvalue weighted by molar-refractivity contribution is -0.120. The molecule has 29 heavy (non-hydrogen) atoms. The fraction of sp³-hybridized carbons (Fsp3) is 0.350. The standard InChI is InChI=1S/C20H22ClFN2O4S/c1-13-3-6-18(28-2)19(11-13)29(26,27)24-9-7-14(8-10-24)20(25)23-15-4-5-17(22)16(21)12-15/h3-6,11-12,14H,7-10H2,1-2H3,(H,23,25). The minimum Gasteiger partial charge on any atom is -0.495 e. The van der Waals surface area contributed by atoms with Crippen molar-refractivity contribution < 1.29 is 22.3 Å². The molecule has 2 aromatic rings. The minimum absolute atomic E-state index is 0.0733. The van der Waals surface area contributed by atoms with E-state index in [-0.39, 0.29) is 34.8 Å². The van der Waals surface area contributed by atoms with Gasteiger partial charge >= 0.3 is 0 Å². The first-order chi connectivity index (χ1) is 13.7. The monoisotopic (exact) mass is 440 g/mol. The Labute approximate surface area is 174 Å². The number of methoxy groups -OCH3 is 1. The lowest BCUT2D eigenvalue weighted by Crippen LogP contribution is -2.41. The second-order valence-electron chi connectivity index (χ2n) is 6.95. The van der Waals surface area contributed by atoms with Crippen molar-refractivity contribution in [3.05, 3.63) is 52.8 Å². The highest BCUT2D eigenvalue weighted by atomic mass is 35.5. The predicted molar refractivity (Wildman–Crippen MR) is 109 cm³/mol. The summed E-state index contributed by atoms with van der Waals surface area (Å²) in [5.74, 6) is -0.846. The van der Waals surface area contributed by atoms with Crippen LogP contribution < -0.4 is 10.1 Å². The molecule has 1 fully saturated rings. The molecule has 1 aliphatic heterocycles. The van der Waals surface area contributed by atoms with Gasteiger partial charge in [0.05, 0.1) is 12.1 Å². The molecule has 156 valence electrons. The Morgan fingerprint density at radius 3 is 2.52 bits per heavy atom. The molecule has 1 N–H and O–H groups in total. The van der Waals surface area contributed by atoms with Crippen molar-refractivity contribution in [2.75, 3.05) is 25.5 Å². The molecular formula is C20H22ClFN2O4S. The van der Waals surface area contributed by atoms with Crippen molar-refractivity contribution in [3.8, 4) is 5.75 Å². The van der Waals surface area contributed by atoms with E-state index >= 15 is 0 Å². The van der Waals surface area contributed by atoms with E-state index < -0.39 is 15.8 Å². The summed E-state index contributed by atoms with van der Waals surface area (Å²) in [5, 5.41) is 2.64. The largest absolute Gasteiger partial charge is 0.495 e. The summed E-state index contributed by atoms with van der Waals surface area (Å²) in [5.41, 5.74) is 1.22. The molecule has 6 nitrogen and oxygen atoms in total. The van der Waals surface area contributed by atoms with Crippen LogP contribution in [0.1, 0.15) is 18.4 Å². The number of rotatable bonds is 5. The van der Waals surface area contributed by atoms with Crippen LogP contribution >= 0.6 is 11.6 Å². The van der Waals surface area contributed by atoms with Crippen LogP contribution in [-0.4, -0.2) is 38.8 Å². The maximum absolute atomic E-state index is 13.2. The lowest BCUT2D eigenvalue weighted by atomic mass is 9.97. The third kappa shape index (κ3) is 4.71. The van der Waals surface area contributed by atoms with Gasteiger partial charge in [-0.15, -0.1) is 0 Å². The van der Waals surface area contributed by atoms with Crippen molar-refractivity contribution in [3.63, 3.8) is 0 Å². The van der Waals surface area contributed by atoms with Crippen LogP contribution in [0.5, 0.6) is 5.75 Å². The van der Waals surface area contributed by atoms with E-state index in [4.69, 9.17) is 16.3 Å². The zero-order valence-corrected chi connectivity index (χ0v) is 17.7. The van der Waals surface area contributed by atoms with Crippen LogP contribution in [0.2, 0.25) is 5.02 Å². The van der Waals surface area contributed by atoms with E-state index in [0.717, 1.165) is 5.56 Å². The van der Waals surface area contributed by atoms with Gasteiger partial charge in [-0.2, -0.15) is 4.31 Å². The summed E-state index contributed by atoms with van der Waals surface area (Å²) < 4.78 is 45.9. The number of benzene rings is 2. The number of carbonyl (C=O) groups excluding carboxylic acids is 1. The highest BCUT2D eigenvalue weighted by molar-refractivity contribution is 7.89. The first kappa shape index (κ1) is 21.5. The number of piperidine rings is 1. The van der Waals surface area contributed by atoms with Crippen LogP contribution in [0.25, 0.3) is 0 Å². The highest BCUT2D eigenvalue weighted by Crippen LogP contribution is 2.31. The number of nitrogens with one attached hydrogen (secondary N) is 1. The molecule has 0 atom stereocenters. The summed E-state index contributed by atoms with van der Waals surface area (Å²) in [7, 11) is -2.30. The molecule has 0 aromatic heterocycles. The molecule has 3 rings (SSSR count). The molecular weight excluding hydrogens is 419 g/mol. The van der Waals surface area contributed by atoms with E-state index in [0.29, 0.717) is 24.3 Å². The number of halogens is 2. The molecule has 0 radical (unpaired) electrons. The van der Waals surface area contributed by atoms with Crippen molar-refractivity contribution in [1.29, 1.82) is 0 Å². The number of hydrogen-bond donors (Lipinski definition) is 1. The molecule has 0 aliphatic carbocycles. The molecule has 1 amide bonds. The normalized spacial score (nSPS) is 15.9. The van der Waals surface area contributed by atoms with Crippen LogP contribution in [0.4, 0.5) is 10.1 Å². The maximum Gasteiger partial charge on any atom is 0.246 e. The van der Waals surface area contributed by atoms with Crippen LogP contribution in [0.3, 0.4) is 0 Å².